The molecule has 0 bridgehead atoms. The van der Waals surface area contributed by atoms with Crippen LogP contribution in [0.15, 0.2) is 63.8 Å². The maximum atomic E-state index is 12.1. The molecule has 0 saturated carbocycles. The molecule has 0 fully saturated rings. The van der Waals surface area contributed by atoms with E-state index in [1.165, 1.54) is 0 Å². The molecular weight excluding hydrogens is 264 g/mol. The highest BCUT2D eigenvalue weighted by Crippen LogP contribution is 2.24. The first-order valence-corrected chi connectivity index (χ1v) is 7.02. The summed E-state index contributed by atoms with van der Waals surface area (Å²) in [5.74, 6) is 0. The molecule has 0 N–H and O–H groups in total. The summed E-state index contributed by atoms with van der Waals surface area (Å²) in [5.41, 5.74) is 1.26. The van der Waals surface area contributed by atoms with Crippen LogP contribution in [0, 0.1) is 0 Å². The molecule has 2 aromatic carbocycles. The van der Waals surface area contributed by atoms with Crippen molar-refractivity contribution >= 4 is 22.7 Å². The van der Waals surface area contributed by atoms with Gasteiger partial charge in [0, 0.05) is 12.2 Å². The quantitative estimate of drug-likeness (QED) is 0.730. The van der Waals surface area contributed by atoms with E-state index in [1.54, 1.807) is 12.1 Å². The molecule has 3 aromatic rings. The molecule has 0 radical (unpaired) electrons. The lowest BCUT2D eigenvalue weighted by atomic mass is 10.2. The van der Waals surface area contributed by atoms with Crippen molar-refractivity contribution in [2.75, 3.05) is 11.4 Å². The van der Waals surface area contributed by atoms with Gasteiger partial charge in [0.2, 0.25) is 0 Å². The van der Waals surface area contributed by atoms with E-state index in [0.717, 1.165) is 18.7 Å². The van der Waals surface area contributed by atoms with E-state index in [1.807, 2.05) is 47.4 Å². The fourth-order valence-corrected chi connectivity index (χ4v) is 2.28. The lowest BCUT2D eigenvalue weighted by Crippen LogP contribution is -2.22. The van der Waals surface area contributed by atoms with Crippen LogP contribution in [-0.2, 0) is 0 Å². The molecule has 0 aliphatic rings. The number of nitrogens with zero attached hydrogens (tertiary/aromatic N) is 2. The lowest BCUT2D eigenvalue weighted by Gasteiger charge is -2.21. The van der Waals surface area contributed by atoms with E-state index < -0.39 is 0 Å². The van der Waals surface area contributed by atoms with Crippen molar-refractivity contribution in [2.24, 2.45) is 0 Å². The van der Waals surface area contributed by atoms with Crippen molar-refractivity contribution in [3.8, 4) is 0 Å². The average molecular weight is 280 g/mol. The fourth-order valence-electron chi connectivity index (χ4n) is 2.28. The molecule has 3 rings (SSSR count). The number of fused-ring (bicyclic) bond motifs is 1. The Hall–Kier alpha value is -2.62. The third-order valence-electron chi connectivity index (χ3n) is 3.26. The smallest absolute Gasteiger partial charge is 0.305 e. The second kappa shape index (κ2) is 5.79. The van der Waals surface area contributed by atoms with Crippen LogP contribution < -0.4 is 10.5 Å². The number of hydrogen-bond acceptors (Lipinski definition) is 4. The zero-order valence-electron chi connectivity index (χ0n) is 11.8. The molecule has 1 heterocycles. The molecule has 0 unspecified atom stereocenters. The summed E-state index contributed by atoms with van der Waals surface area (Å²) in [6.07, 6.45) is 0.924. The van der Waals surface area contributed by atoms with Crippen molar-refractivity contribution in [1.29, 1.82) is 0 Å². The SMILES string of the molecule is CCCN(c1ccccc1)c1nc(=O)c2ccccc2o1. The highest BCUT2D eigenvalue weighted by atomic mass is 16.4. The van der Waals surface area contributed by atoms with Crippen LogP contribution in [0.2, 0.25) is 0 Å². The van der Waals surface area contributed by atoms with Gasteiger partial charge in [-0.25, -0.2) is 0 Å². The van der Waals surface area contributed by atoms with E-state index in [9.17, 15) is 4.79 Å². The molecule has 106 valence electrons. The number of benzene rings is 2. The second-order valence-electron chi connectivity index (χ2n) is 4.78. The van der Waals surface area contributed by atoms with Crippen LogP contribution in [0.4, 0.5) is 11.7 Å². The van der Waals surface area contributed by atoms with Crippen LogP contribution in [-0.4, -0.2) is 11.5 Å². The molecule has 0 aliphatic carbocycles. The van der Waals surface area contributed by atoms with Crippen molar-refractivity contribution < 1.29 is 4.42 Å². The Kier molecular flexibility index (Phi) is 3.69. The normalized spacial score (nSPS) is 10.7. The number of hydrogen-bond donors (Lipinski definition) is 0. The molecule has 4 nitrogen and oxygen atoms in total. The summed E-state index contributed by atoms with van der Waals surface area (Å²) < 4.78 is 5.83. The maximum absolute atomic E-state index is 12.1. The largest absolute Gasteiger partial charge is 0.425 e. The third-order valence-corrected chi connectivity index (χ3v) is 3.26. The van der Waals surface area contributed by atoms with E-state index in [2.05, 4.69) is 11.9 Å². The first kappa shape index (κ1) is 13.4. The van der Waals surface area contributed by atoms with Gasteiger partial charge in [0.15, 0.2) is 0 Å². The third kappa shape index (κ3) is 2.65. The van der Waals surface area contributed by atoms with Crippen molar-refractivity contribution in [3.63, 3.8) is 0 Å². The minimum Gasteiger partial charge on any atom is -0.425 e. The summed E-state index contributed by atoms with van der Waals surface area (Å²) in [5, 5.41) is 0.505. The molecule has 0 amide bonds. The predicted octanol–water partition coefficient (Wildman–Crippen LogP) is 3.74. The Balaban J connectivity index is 2.14. The van der Waals surface area contributed by atoms with Crippen LogP contribution in [0.5, 0.6) is 0 Å². The molecule has 0 atom stereocenters. The first-order chi connectivity index (χ1) is 10.3. The number of anilines is 2. The second-order valence-corrected chi connectivity index (χ2v) is 4.78. The van der Waals surface area contributed by atoms with Gasteiger partial charge in [0.1, 0.15) is 5.58 Å². The van der Waals surface area contributed by atoms with Gasteiger partial charge in [-0.05, 0) is 30.7 Å². The van der Waals surface area contributed by atoms with Gasteiger partial charge in [-0.3, -0.25) is 9.69 Å². The standard InChI is InChI=1S/C17H16N2O2/c1-2-12-19(13-8-4-3-5-9-13)17-18-16(20)14-10-6-7-11-15(14)21-17/h3-11H,2,12H2,1H3. The van der Waals surface area contributed by atoms with Gasteiger partial charge in [0.25, 0.3) is 5.56 Å². The Morgan fingerprint density at radius 2 is 1.76 bits per heavy atom. The summed E-state index contributed by atoms with van der Waals surface area (Å²) in [7, 11) is 0. The molecule has 21 heavy (non-hydrogen) atoms. The van der Waals surface area contributed by atoms with Crippen LogP contribution >= 0.6 is 0 Å². The molecule has 4 heteroatoms. The van der Waals surface area contributed by atoms with E-state index in [-0.39, 0.29) is 5.56 Å². The molecule has 0 saturated heterocycles. The summed E-state index contributed by atoms with van der Waals surface area (Å²) in [4.78, 5) is 18.2. The molecule has 1 aromatic heterocycles. The first-order valence-electron chi connectivity index (χ1n) is 7.02. The highest BCUT2D eigenvalue weighted by Gasteiger charge is 2.14. The summed E-state index contributed by atoms with van der Waals surface area (Å²) >= 11 is 0. The topological polar surface area (TPSA) is 46.3 Å². The average Bonchev–Trinajstić information content (AvgIpc) is 2.53. The maximum Gasteiger partial charge on any atom is 0.305 e. The van der Waals surface area contributed by atoms with Gasteiger partial charge in [-0.2, -0.15) is 4.98 Å². The molecular formula is C17H16N2O2. The Labute approximate surface area is 122 Å². The van der Waals surface area contributed by atoms with E-state index in [0.29, 0.717) is 17.0 Å². The number of para-hydroxylation sites is 2. The van der Waals surface area contributed by atoms with E-state index in [4.69, 9.17) is 4.42 Å². The Morgan fingerprint density at radius 3 is 2.52 bits per heavy atom. The summed E-state index contributed by atoms with van der Waals surface area (Å²) in [6, 6.07) is 17.3. The van der Waals surface area contributed by atoms with Crippen LogP contribution in [0.3, 0.4) is 0 Å². The number of rotatable bonds is 4. The Bertz CT molecular complexity index is 796. The summed E-state index contributed by atoms with van der Waals surface area (Å²) in [6.45, 7) is 2.81. The van der Waals surface area contributed by atoms with Crippen molar-refractivity contribution in [2.45, 2.75) is 13.3 Å². The van der Waals surface area contributed by atoms with Gasteiger partial charge in [-0.1, -0.05) is 37.3 Å². The van der Waals surface area contributed by atoms with Crippen LogP contribution in [0.1, 0.15) is 13.3 Å². The predicted molar refractivity (Wildman–Crippen MR) is 84.0 cm³/mol. The number of aromatic nitrogens is 1. The zero-order chi connectivity index (χ0) is 14.7. The monoisotopic (exact) mass is 280 g/mol. The van der Waals surface area contributed by atoms with Gasteiger partial charge in [0.05, 0.1) is 5.39 Å². The minimum absolute atomic E-state index is 0.260. The zero-order valence-corrected chi connectivity index (χ0v) is 11.8. The Morgan fingerprint density at radius 1 is 1.05 bits per heavy atom. The van der Waals surface area contributed by atoms with Crippen molar-refractivity contribution in [1.82, 2.24) is 4.98 Å². The van der Waals surface area contributed by atoms with Gasteiger partial charge < -0.3 is 4.42 Å². The lowest BCUT2D eigenvalue weighted by molar-refractivity contribution is 0.567. The van der Waals surface area contributed by atoms with Gasteiger partial charge in [-0.15, -0.1) is 0 Å². The molecule has 0 spiro atoms. The molecule has 0 aliphatic heterocycles. The highest BCUT2D eigenvalue weighted by molar-refractivity contribution is 5.76. The van der Waals surface area contributed by atoms with E-state index >= 15 is 0 Å². The van der Waals surface area contributed by atoms with Gasteiger partial charge >= 0.3 is 6.01 Å². The van der Waals surface area contributed by atoms with Crippen LogP contribution in [0.25, 0.3) is 11.0 Å². The minimum atomic E-state index is -0.260. The van der Waals surface area contributed by atoms with Crippen molar-refractivity contribution in [3.05, 3.63) is 65.0 Å². The fraction of sp³-hybridized carbons (Fsp3) is 0.176.